The minimum absolute atomic E-state index is 0.0296. The fourth-order valence-electron chi connectivity index (χ4n) is 4.12. The van der Waals surface area contributed by atoms with Gasteiger partial charge in [0.2, 0.25) is 0 Å². The highest BCUT2D eigenvalue weighted by molar-refractivity contribution is 5.70. The van der Waals surface area contributed by atoms with Gasteiger partial charge in [-0.1, -0.05) is 65.8 Å². The van der Waals surface area contributed by atoms with E-state index in [1.807, 2.05) is 95.3 Å². The first-order chi connectivity index (χ1) is 17.1. The SMILES string of the molecule is CC(C)(C)OC(=O)N1[C@H]([C@@H](OCc2ccccc2)[C@@H](CN=[N+]=[N-])OCc2ccccc2)COC1(C)C. The third-order valence-electron chi connectivity index (χ3n) is 5.77. The van der Waals surface area contributed by atoms with Crippen LogP contribution in [0.4, 0.5) is 4.79 Å². The molecule has 0 saturated carbocycles. The molecule has 1 fully saturated rings. The highest BCUT2D eigenvalue weighted by Crippen LogP contribution is 2.34. The van der Waals surface area contributed by atoms with Gasteiger partial charge in [0.1, 0.15) is 17.4 Å². The van der Waals surface area contributed by atoms with E-state index in [0.717, 1.165) is 11.1 Å². The van der Waals surface area contributed by atoms with Crippen molar-refractivity contribution in [2.75, 3.05) is 13.2 Å². The number of hydrogen-bond acceptors (Lipinski definition) is 6. The van der Waals surface area contributed by atoms with Crippen LogP contribution in [0.1, 0.15) is 45.7 Å². The molecule has 2 aromatic carbocycles. The summed E-state index contributed by atoms with van der Waals surface area (Å²) in [6.07, 6.45) is -1.81. The molecule has 1 aliphatic heterocycles. The first kappa shape index (κ1) is 27.5. The molecule has 1 saturated heterocycles. The molecule has 1 amide bonds. The topological polar surface area (TPSA) is 106 Å². The summed E-state index contributed by atoms with van der Waals surface area (Å²) in [5.41, 5.74) is 9.38. The van der Waals surface area contributed by atoms with E-state index >= 15 is 0 Å². The van der Waals surface area contributed by atoms with Crippen LogP contribution in [0.15, 0.2) is 65.8 Å². The molecule has 0 spiro atoms. The minimum atomic E-state index is -0.927. The molecule has 9 heteroatoms. The van der Waals surface area contributed by atoms with Crippen LogP contribution in [0.2, 0.25) is 0 Å². The second-order valence-corrected chi connectivity index (χ2v) is 10.2. The Bertz CT molecular complexity index is 1020. The molecule has 9 nitrogen and oxygen atoms in total. The number of ether oxygens (including phenoxy) is 4. The van der Waals surface area contributed by atoms with E-state index in [0.29, 0.717) is 6.61 Å². The molecule has 0 unspecified atom stereocenters. The summed E-state index contributed by atoms with van der Waals surface area (Å²) >= 11 is 0. The molecule has 0 aliphatic carbocycles. The average Bonchev–Trinajstić information content (AvgIpc) is 3.15. The Morgan fingerprint density at radius 1 is 1.08 bits per heavy atom. The highest BCUT2D eigenvalue weighted by atomic mass is 16.6. The molecule has 0 N–H and O–H groups in total. The normalized spacial score (nSPS) is 18.8. The van der Waals surface area contributed by atoms with Gasteiger partial charge >= 0.3 is 6.09 Å². The van der Waals surface area contributed by atoms with Crippen molar-refractivity contribution < 1.29 is 23.7 Å². The van der Waals surface area contributed by atoms with E-state index < -0.39 is 35.7 Å². The third-order valence-corrected chi connectivity index (χ3v) is 5.77. The Morgan fingerprint density at radius 3 is 2.17 bits per heavy atom. The van der Waals surface area contributed by atoms with E-state index in [1.54, 1.807) is 4.90 Å². The summed E-state index contributed by atoms with van der Waals surface area (Å²) < 4.78 is 24.4. The van der Waals surface area contributed by atoms with E-state index in [2.05, 4.69) is 10.0 Å². The molecule has 0 radical (unpaired) electrons. The average molecular weight is 497 g/mol. The maximum absolute atomic E-state index is 13.3. The number of hydrogen-bond donors (Lipinski definition) is 0. The van der Waals surface area contributed by atoms with Gasteiger partial charge in [0.05, 0.1) is 38.5 Å². The van der Waals surface area contributed by atoms with Crippen LogP contribution in [0, 0.1) is 0 Å². The van der Waals surface area contributed by atoms with Crippen LogP contribution < -0.4 is 0 Å². The lowest BCUT2D eigenvalue weighted by Crippen LogP contribution is -2.57. The lowest BCUT2D eigenvalue weighted by Gasteiger charge is -2.39. The predicted molar refractivity (Wildman–Crippen MR) is 136 cm³/mol. The summed E-state index contributed by atoms with van der Waals surface area (Å²) in [4.78, 5) is 17.8. The van der Waals surface area contributed by atoms with E-state index in [-0.39, 0.29) is 19.8 Å². The van der Waals surface area contributed by atoms with Gasteiger partial charge in [-0.05, 0) is 51.3 Å². The first-order valence-electron chi connectivity index (χ1n) is 12.1. The maximum Gasteiger partial charge on any atom is 0.412 e. The van der Waals surface area contributed by atoms with Gasteiger partial charge in [-0.15, -0.1) is 0 Å². The van der Waals surface area contributed by atoms with Gasteiger partial charge in [0.15, 0.2) is 0 Å². The second kappa shape index (κ2) is 12.2. The Balaban J connectivity index is 1.92. The van der Waals surface area contributed by atoms with E-state index in [9.17, 15) is 4.79 Å². The van der Waals surface area contributed by atoms with Gasteiger partial charge in [0.25, 0.3) is 0 Å². The lowest BCUT2D eigenvalue weighted by molar-refractivity contribution is -0.116. The molecule has 36 heavy (non-hydrogen) atoms. The van der Waals surface area contributed by atoms with Crippen molar-refractivity contribution in [3.05, 3.63) is 82.2 Å². The van der Waals surface area contributed by atoms with Crippen molar-refractivity contribution in [2.24, 2.45) is 5.11 Å². The van der Waals surface area contributed by atoms with Gasteiger partial charge in [-0.2, -0.15) is 0 Å². The zero-order valence-electron chi connectivity index (χ0n) is 21.7. The van der Waals surface area contributed by atoms with E-state index in [1.165, 1.54) is 0 Å². The fourth-order valence-corrected chi connectivity index (χ4v) is 4.12. The number of amides is 1. The minimum Gasteiger partial charge on any atom is -0.444 e. The number of benzene rings is 2. The Labute approximate surface area is 212 Å². The molecule has 3 rings (SSSR count). The van der Waals surface area contributed by atoms with Crippen LogP contribution in [-0.2, 0) is 32.2 Å². The number of rotatable bonds is 10. The second-order valence-electron chi connectivity index (χ2n) is 10.2. The largest absolute Gasteiger partial charge is 0.444 e. The van der Waals surface area contributed by atoms with E-state index in [4.69, 9.17) is 24.5 Å². The van der Waals surface area contributed by atoms with Crippen molar-refractivity contribution in [1.82, 2.24) is 4.90 Å². The van der Waals surface area contributed by atoms with Crippen molar-refractivity contribution >= 4 is 6.09 Å². The Hall–Kier alpha value is -3.10. The van der Waals surface area contributed by atoms with Crippen LogP contribution in [0.25, 0.3) is 10.4 Å². The monoisotopic (exact) mass is 496 g/mol. The standard InChI is InChI=1S/C27H36N4O5/c1-26(2,3)36-25(32)31-22(19-35-27(31,4)5)24(34-18-21-14-10-7-11-15-21)23(16-29-30-28)33-17-20-12-8-6-9-13-20/h6-15,22-24H,16-19H2,1-5H3/t22-,23+,24+/m0/s1. The van der Waals surface area contributed by atoms with Gasteiger partial charge in [0, 0.05) is 4.91 Å². The molecule has 0 aromatic heterocycles. The zero-order chi connectivity index (χ0) is 26.2. The molecule has 3 atom stereocenters. The molecule has 194 valence electrons. The van der Waals surface area contributed by atoms with Crippen LogP contribution in [-0.4, -0.2) is 53.7 Å². The fraction of sp³-hybridized carbons (Fsp3) is 0.519. The zero-order valence-corrected chi connectivity index (χ0v) is 21.7. The van der Waals surface area contributed by atoms with Crippen molar-refractivity contribution in [3.8, 4) is 0 Å². The summed E-state index contributed by atoms with van der Waals surface area (Å²) in [7, 11) is 0. The Kier molecular flexibility index (Phi) is 9.34. The smallest absolute Gasteiger partial charge is 0.412 e. The molecule has 2 aromatic rings. The molecule has 1 heterocycles. The third kappa shape index (κ3) is 7.70. The van der Waals surface area contributed by atoms with Crippen molar-refractivity contribution in [2.45, 2.75) is 77.4 Å². The number of nitrogens with zero attached hydrogens (tertiary/aromatic N) is 4. The summed E-state index contributed by atoms with van der Waals surface area (Å²) in [6, 6.07) is 18.9. The lowest BCUT2D eigenvalue weighted by atomic mass is 10.0. The summed E-state index contributed by atoms with van der Waals surface area (Å²) in [6.45, 7) is 9.92. The predicted octanol–water partition coefficient (Wildman–Crippen LogP) is 5.84. The van der Waals surface area contributed by atoms with Gasteiger partial charge in [-0.3, -0.25) is 4.90 Å². The first-order valence-corrected chi connectivity index (χ1v) is 12.1. The molecular formula is C27H36N4O5. The van der Waals surface area contributed by atoms with Crippen LogP contribution in [0.5, 0.6) is 0 Å². The quantitative estimate of drug-likeness (QED) is 0.233. The van der Waals surface area contributed by atoms with Gasteiger partial charge in [-0.25, -0.2) is 4.79 Å². The number of carbonyl (C=O) groups excluding carboxylic acids is 1. The molecule has 1 aliphatic rings. The van der Waals surface area contributed by atoms with Crippen LogP contribution in [0.3, 0.4) is 0 Å². The maximum atomic E-state index is 13.3. The molecule has 0 bridgehead atoms. The number of azide groups is 1. The highest BCUT2D eigenvalue weighted by Gasteiger charge is 2.51. The van der Waals surface area contributed by atoms with Crippen molar-refractivity contribution in [1.29, 1.82) is 0 Å². The summed E-state index contributed by atoms with van der Waals surface area (Å²) in [5.74, 6) is 0. The van der Waals surface area contributed by atoms with Crippen LogP contribution >= 0.6 is 0 Å². The Morgan fingerprint density at radius 2 is 1.64 bits per heavy atom. The number of carbonyl (C=O) groups is 1. The summed E-state index contributed by atoms with van der Waals surface area (Å²) in [5, 5.41) is 3.80. The van der Waals surface area contributed by atoms with Crippen molar-refractivity contribution in [3.63, 3.8) is 0 Å². The molecular weight excluding hydrogens is 460 g/mol. The van der Waals surface area contributed by atoms with Gasteiger partial charge < -0.3 is 18.9 Å².